The largest absolute Gasteiger partial charge is 0.476 e. The molecule has 33 heavy (non-hydrogen) atoms. The molecular formula is C22H27Cl2F3N4O2. The molecule has 1 saturated heterocycles. The number of ether oxygens (including phenoxy) is 2. The van der Waals surface area contributed by atoms with Crippen molar-refractivity contribution in [2.24, 2.45) is 0 Å². The number of benzene rings is 1. The SMILES string of the molecule is CCOc1ncc(C(F)(F)F)cc1Nc1cc2c3c(c1)[C@@H]1CNCC[C@@H]1N3CCOC2.Cl.Cl. The molecule has 1 fully saturated rings. The molecule has 0 aliphatic carbocycles. The van der Waals surface area contributed by atoms with Gasteiger partial charge in [0.1, 0.15) is 5.69 Å². The average molecular weight is 507 g/mol. The Balaban J connectivity index is 0.00000153. The van der Waals surface area contributed by atoms with Gasteiger partial charge in [0.15, 0.2) is 0 Å². The normalized spacial score (nSPS) is 21.2. The van der Waals surface area contributed by atoms with Crippen molar-refractivity contribution in [1.82, 2.24) is 10.3 Å². The lowest BCUT2D eigenvalue weighted by atomic mass is 9.89. The van der Waals surface area contributed by atoms with Gasteiger partial charge in [0, 0.05) is 48.2 Å². The van der Waals surface area contributed by atoms with Gasteiger partial charge in [0.05, 0.1) is 25.4 Å². The van der Waals surface area contributed by atoms with Gasteiger partial charge < -0.3 is 25.0 Å². The van der Waals surface area contributed by atoms with Crippen LogP contribution in [-0.4, -0.2) is 43.9 Å². The second-order valence-corrected chi connectivity index (χ2v) is 8.12. The van der Waals surface area contributed by atoms with Crippen LogP contribution < -0.4 is 20.3 Å². The molecule has 3 aliphatic rings. The standard InChI is InChI=1S/C22H25F3N4O2.2ClH/c1-2-31-21-18(8-14(10-27-21)22(23,24)25)28-15-7-13-12-30-6-5-29-19-3-4-26-11-17(19)16(9-15)20(13)29;;/h7-10,17,19,26,28H,2-6,11-12H2,1H3;2*1H/t17-,19-;;/m0../s1. The summed E-state index contributed by atoms with van der Waals surface area (Å²) in [5, 5.41) is 6.63. The lowest BCUT2D eigenvalue weighted by Crippen LogP contribution is -2.44. The maximum absolute atomic E-state index is 13.3. The monoisotopic (exact) mass is 506 g/mol. The number of aromatic nitrogens is 1. The molecule has 4 heterocycles. The summed E-state index contributed by atoms with van der Waals surface area (Å²) in [5.41, 5.74) is 3.61. The topological polar surface area (TPSA) is 58.7 Å². The highest BCUT2D eigenvalue weighted by Crippen LogP contribution is 2.48. The first kappa shape index (κ1) is 25.7. The van der Waals surface area contributed by atoms with Crippen molar-refractivity contribution in [1.29, 1.82) is 0 Å². The van der Waals surface area contributed by atoms with Crippen LogP contribution in [0.3, 0.4) is 0 Å². The summed E-state index contributed by atoms with van der Waals surface area (Å²) in [6, 6.07) is 5.51. The first-order valence-corrected chi connectivity index (χ1v) is 10.6. The van der Waals surface area contributed by atoms with E-state index in [0.29, 0.717) is 37.5 Å². The summed E-state index contributed by atoms with van der Waals surface area (Å²) in [6.07, 6.45) is -2.62. The Morgan fingerprint density at radius 2 is 2.09 bits per heavy atom. The summed E-state index contributed by atoms with van der Waals surface area (Å²) in [5.74, 6) is 0.505. The Morgan fingerprint density at radius 3 is 2.85 bits per heavy atom. The minimum absolute atomic E-state index is 0. The predicted molar refractivity (Wildman–Crippen MR) is 126 cm³/mol. The zero-order chi connectivity index (χ0) is 21.6. The van der Waals surface area contributed by atoms with Gasteiger partial charge in [-0.25, -0.2) is 4.98 Å². The van der Waals surface area contributed by atoms with Gasteiger partial charge in [-0.1, -0.05) is 0 Å². The molecule has 0 unspecified atom stereocenters. The first-order valence-electron chi connectivity index (χ1n) is 10.6. The highest BCUT2D eigenvalue weighted by atomic mass is 35.5. The van der Waals surface area contributed by atoms with E-state index in [1.54, 1.807) is 6.92 Å². The number of nitrogens with one attached hydrogen (secondary N) is 2. The van der Waals surface area contributed by atoms with Crippen molar-refractivity contribution in [3.63, 3.8) is 0 Å². The molecule has 5 rings (SSSR count). The Bertz CT molecular complexity index is 993. The van der Waals surface area contributed by atoms with Crippen LogP contribution >= 0.6 is 24.8 Å². The third-order valence-corrected chi connectivity index (χ3v) is 6.22. The molecule has 0 radical (unpaired) electrons. The molecule has 11 heteroatoms. The average Bonchev–Trinajstić information content (AvgIpc) is 2.90. The summed E-state index contributed by atoms with van der Waals surface area (Å²) in [4.78, 5) is 6.36. The van der Waals surface area contributed by atoms with E-state index in [1.165, 1.54) is 11.3 Å². The maximum atomic E-state index is 13.3. The molecule has 2 N–H and O–H groups in total. The van der Waals surface area contributed by atoms with Crippen molar-refractivity contribution >= 4 is 41.9 Å². The van der Waals surface area contributed by atoms with Gasteiger partial charge in [-0.05, 0) is 43.7 Å². The van der Waals surface area contributed by atoms with Crippen molar-refractivity contribution < 1.29 is 22.6 Å². The summed E-state index contributed by atoms with van der Waals surface area (Å²) in [6.45, 7) is 5.97. The lowest BCUT2D eigenvalue weighted by molar-refractivity contribution is -0.137. The minimum atomic E-state index is -4.48. The van der Waals surface area contributed by atoms with E-state index in [9.17, 15) is 13.2 Å². The Hall–Kier alpha value is -1.94. The Labute approximate surface area is 203 Å². The Kier molecular flexibility index (Phi) is 7.88. The number of piperidine rings is 1. The maximum Gasteiger partial charge on any atom is 0.417 e. The molecule has 1 aromatic heterocycles. The van der Waals surface area contributed by atoms with E-state index < -0.39 is 11.7 Å². The number of nitrogens with zero attached hydrogens (tertiary/aromatic N) is 2. The van der Waals surface area contributed by atoms with Gasteiger partial charge >= 0.3 is 6.18 Å². The van der Waals surface area contributed by atoms with Gasteiger partial charge in [0.25, 0.3) is 0 Å². The van der Waals surface area contributed by atoms with Crippen molar-refractivity contribution in [3.8, 4) is 5.88 Å². The van der Waals surface area contributed by atoms with Crippen LogP contribution in [0.15, 0.2) is 24.4 Å². The van der Waals surface area contributed by atoms with E-state index in [1.807, 2.05) is 6.07 Å². The molecule has 3 aliphatic heterocycles. The van der Waals surface area contributed by atoms with Gasteiger partial charge in [-0.3, -0.25) is 0 Å². The number of pyridine rings is 1. The van der Waals surface area contributed by atoms with Crippen LogP contribution in [0.4, 0.5) is 30.2 Å². The van der Waals surface area contributed by atoms with Gasteiger partial charge in [-0.15, -0.1) is 24.8 Å². The number of anilines is 3. The van der Waals surface area contributed by atoms with E-state index in [4.69, 9.17) is 9.47 Å². The minimum Gasteiger partial charge on any atom is -0.476 e. The fourth-order valence-corrected chi connectivity index (χ4v) is 4.96. The molecular weight excluding hydrogens is 480 g/mol. The third kappa shape index (κ3) is 4.82. The fraction of sp³-hybridized carbons (Fsp3) is 0.500. The van der Waals surface area contributed by atoms with Crippen molar-refractivity contribution in [2.45, 2.75) is 38.1 Å². The van der Waals surface area contributed by atoms with Crippen LogP contribution in [0.25, 0.3) is 0 Å². The summed E-state index contributed by atoms with van der Waals surface area (Å²) >= 11 is 0. The van der Waals surface area contributed by atoms with Crippen molar-refractivity contribution in [2.75, 3.05) is 43.1 Å². The number of halogens is 5. The third-order valence-electron chi connectivity index (χ3n) is 6.22. The van der Waals surface area contributed by atoms with E-state index in [2.05, 4.69) is 26.6 Å². The van der Waals surface area contributed by atoms with Crippen LogP contribution in [0.2, 0.25) is 0 Å². The highest BCUT2D eigenvalue weighted by Gasteiger charge is 2.42. The zero-order valence-electron chi connectivity index (χ0n) is 18.1. The van der Waals surface area contributed by atoms with E-state index >= 15 is 0 Å². The quantitative estimate of drug-likeness (QED) is 0.616. The van der Waals surface area contributed by atoms with Crippen LogP contribution in [0.5, 0.6) is 5.88 Å². The molecule has 0 spiro atoms. The smallest absolute Gasteiger partial charge is 0.417 e. The number of alkyl halides is 3. The predicted octanol–water partition coefficient (Wildman–Crippen LogP) is 4.88. The highest BCUT2D eigenvalue weighted by molar-refractivity contribution is 5.85. The molecule has 0 amide bonds. The van der Waals surface area contributed by atoms with E-state index in [-0.39, 0.29) is 36.4 Å². The van der Waals surface area contributed by atoms with Crippen LogP contribution in [0, 0.1) is 0 Å². The number of hydrogen-bond donors (Lipinski definition) is 2. The van der Waals surface area contributed by atoms with Crippen LogP contribution in [0.1, 0.15) is 36.0 Å². The molecule has 0 saturated carbocycles. The zero-order valence-corrected chi connectivity index (χ0v) is 19.7. The molecule has 182 valence electrons. The van der Waals surface area contributed by atoms with Crippen molar-refractivity contribution in [3.05, 3.63) is 41.1 Å². The summed E-state index contributed by atoms with van der Waals surface area (Å²) < 4.78 is 51.1. The lowest BCUT2D eigenvalue weighted by Gasteiger charge is -2.33. The molecule has 0 bridgehead atoms. The van der Waals surface area contributed by atoms with E-state index in [0.717, 1.165) is 43.9 Å². The second-order valence-electron chi connectivity index (χ2n) is 8.12. The van der Waals surface area contributed by atoms with Gasteiger partial charge in [0.2, 0.25) is 5.88 Å². The number of rotatable bonds is 4. The molecule has 2 aromatic rings. The number of fused-ring (bicyclic) bond motifs is 3. The summed E-state index contributed by atoms with van der Waals surface area (Å²) in [7, 11) is 0. The molecule has 1 aromatic carbocycles. The molecule has 2 atom stereocenters. The Morgan fingerprint density at radius 1 is 1.27 bits per heavy atom. The van der Waals surface area contributed by atoms with Gasteiger partial charge in [-0.2, -0.15) is 13.2 Å². The second kappa shape index (κ2) is 10.1. The number of hydrogen-bond acceptors (Lipinski definition) is 6. The first-order chi connectivity index (χ1) is 15.0. The fourth-order valence-electron chi connectivity index (χ4n) is 4.96. The molecule has 6 nitrogen and oxygen atoms in total. The van der Waals surface area contributed by atoms with Crippen LogP contribution in [-0.2, 0) is 17.5 Å².